The Hall–Kier alpha value is -1.76. The Morgan fingerprint density at radius 2 is 2.24 bits per heavy atom. The van der Waals surface area contributed by atoms with Gasteiger partial charge in [-0.05, 0) is 24.8 Å². The van der Waals surface area contributed by atoms with Gasteiger partial charge in [-0.15, -0.1) is 0 Å². The Balaban J connectivity index is 1.95. The van der Waals surface area contributed by atoms with Crippen LogP contribution in [0.5, 0.6) is 0 Å². The molecular weight excluding hydrogens is 216 g/mol. The van der Waals surface area contributed by atoms with E-state index in [-0.39, 0.29) is 11.9 Å². The highest BCUT2D eigenvalue weighted by atomic mass is 16.3. The van der Waals surface area contributed by atoms with Gasteiger partial charge in [-0.1, -0.05) is 19.3 Å². The zero-order valence-electron chi connectivity index (χ0n) is 9.69. The molecule has 1 aliphatic carbocycles. The van der Waals surface area contributed by atoms with Crippen LogP contribution in [-0.4, -0.2) is 11.9 Å². The monoisotopic (exact) mass is 232 g/mol. The van der Waals surface area contributed by atoms with E-state index in [2.05, 4.69) is 11.4 Å². The lowest BCUT2D eigenvalue weighted by molar-refractivity contribution is 0.0928. The smallest absolute Gasteiger partial charge is 0.255 e. The van der Waals surface area contributed by atoms with Crippen molar-refractivity contribution in [1.29, 1.82) is 5.26 Å². The lowest BCUT2D eigenvalue weighted by atomic mass is 9.84. The van der Waals surface area contributed by atoms with E-state index in [0.29, 0.717) is 11.5 Å². The van der Waals surface area contributed by atoms with E-state index in [1.807, 2.05) is 0 Å². The van der Waals surface area contributed by atoms with Crippen LogP contribution < -0.4 is 5.32 Å². The summed E-state index contributed by atoms with van der Waals surface area (Å²) in [5.41, 5.74) is 0.473. The van der Waals surface area contributed by atoms with Crippen molar-refractivity contribution < 1.29 is 9.21 Å². The predicted molar refractivity (Wildman–Crippen MR) is 62.2 cm³/mol. The average molecular weight is 232 g/mol. The van der Waals surface area contributed by atoms with Gasteiger partial charge in [0.1, 0.15) is 12.3 Å². The summed E-state index contributed by atoms with van der Waals surface area (Å²) < 4.78 is 4.85. The van der Waals surface area contributed by atoms with Crippen LogP contribution in [0.15, 0.2) is 23.0 Å². The Morgan fingerprint density at radius 3 is 2.82 bits per heavy atom. The third kappa shape index (κ3) is 2.88. The Labute approximate surface area is 101 Å². The molecule has 17 heavy (non-hydrogen) atoms. The van der Waals surface area contributed by atoms with Crippen LogP contribution in [0.2, 0.25) is 0 Å². The number of nitrogens with one attached hydrogen (secondary N) is 1. The number of hydrogen-bond acceptors (Lipinski definition) is 3. The molecule has 1 unspecified atom stereocenters. The molecular formula is C13H16N2O2. The molecule has 1 amide bonds. The maximum Gasteiger partial charge on any atom is 0.255 e. The number of carbonyl (C=O) groups is 1. The van der Waals surface area contributed by atoms with Crippen LogP contribution in [-0.2, 0) is 0 Å². The van der Waals surface area contributed by atoms with Crippen molar-refractivity contribution in [2.45, 2.75) is 38.1 Å². The fourth-order valence-corrected chi connectivity index (χ4v) is 2.34. The lowest BCUT2D eigenvalue weighted by Gasteiger charge is -2.26. The largest absolute Gasteiger partial charge is 0.472 e. The number of nitrogens with zero attached hydrogens (tertiary/aromatic N) is 1. The third-order valence-corrected chi connectivity index (χ3v) is 3.33. The van der Waals surface area contributed by atoms with Gasteiger partial charge >= 0.3 is 0 Å². The van der Waals surface area contributed by atoms with Gasteiger partial charge in [-0.3, -0.25) is 4.79 Å². The summed E-state index contributed by atoms with van der Waals surface area (Å²) in [6.45, 7) is 0. The number of hydrogen-bond donors (Lipinski definition) is 1. The standard InChI is InChI=1S/C13H16N2O2/c14-8-12(10-4-2-1-3-5-10)15-13(16)11-6-7-17-9-11/h6-7,9-10,12H,1-5H2,(H,15,16). The molecule has 0 bridgehead atoms. The van der Waals surface area contributed by atoms with Crippen molar-refractivity contribution in [2.75, 3.05) is 0 Å². The number of amides is 1. The van der Waals surface area contributed by atoms with Crippen LogP contribution in [0, 0.1) is 17.2 Å². The summed E-state index contributed by atoms with van der Waals surface area (Å²) in [5.74, 6) is 0.0699. The Bertz CT molecular complexity index is 400. The van der Waals surface area contributed by atoms with E-state index in [9.17, 15) is 4.79 Å². The van der Waals surface area contributed by atoms with E-state index in [4.69, 9.17) is 9.68 Å². The molecule has 0 aromatic carbocycles. The zero-order valence-corrected chi connectivity index (χ0v) is 9.69. The highest BCUT2D eigenvalue weighted by Crippen LogP contribution is 2.26. The topological polar surface area (TPSA) is 66.0 Å². The molecule has 1 heterocycles. The first-order valence-electron chi connectivity index (χ1n) is 6.04. The first-order valence-corrected chi connectivity index (χ1v) is 6.04. The van der Waals surface area contributed by atoms with Crippen molar-refractivity contribution >= 4 is 5.91 Å². The summed E-state index contributed by atoms with van der Waals surface area (Å²) in [7, 11) is 0. The van der Waals surface area contributed by atoms with Crippen molar-refractivity contribution in [2.24, 2.45) is 5.92 Å². The van der Waals surface area contributed by atoms with Gasteiger partial charge in [0.25, 0.3) is 5.91 Å². The van der Waals surface area contributed by atoms with Gasteiger partial charge in [0, 0.05) is 0 Å². The van der Waals surface area contributed by atoms with E-state index < -0.39 is 0 Å². The molecule has 1 N–H and O–H groups in total. The normalized spacial score (nSPS) is 18.3. The van der Waals surface area contributed by atoms with Crippen LogP contribution in [0.3, 0.4) is 0 Å². The minimum atomic E-state index is -0.377. The second-order valence-electron chi connectivity index (χ2n) is 4.49. The molecule has 1 aliphatic rings. The maximum atomic E-state index is 11.8. The molecule has 0 spiro atoms. The molecule has 0 radical (unpaired) electrons. The average Bonchev–Trinajstić information content (AvgIpc) is 2.90. The fourth-order valence-electron chi connectivity index (χ4n) is 2.34. The summed E-state index contributed by atoms with van der Waals surface area (Å²) in [6, 6.07) is 3.43. The predicted octanol–water partition coefficient (Wildman–Crippen LogP) is 2.48. The van der Waals surface area contributed by atoms with Crippen molar-refractivity contribution in [3.05, 3.63) is 24.2 Å². The van der Waals surface area contributed by atoms with Gasteiger partial charge in [0.15, 0.2) is 0 Å². The molecule has 0 saturated heterocycles. The molecule has 2 rings (SSSR count). The number of nitriles is 1. The van der Waals surface area contributed by atoms with Crippen molar-refractivity contribution in [1.82, 2.24) is 5.32 Å². The van der Waals surface area contributed by atoms with E-state index in [0.717, 1.165) is 25.7 Å². The van der Waals surface area contributed by atoms with Crippen LogP contribution >= 0.6 is 0 Å². The molecule has 90 valence electrons. The first kappa shape index (κ1) is 11.7. The number of furan rings is 1. The van der Waals surface area contributed by atoms with E-state index in [1.165, 1.54) is 18.9 Å². The quantitative estimate of drug-likeness (QED) is 0.870. The molecule has 4 heteroatoms. The summed E-state index contributed by atoms with van der Waals surface area (Å²) in [6.07, 6.45) is 8.47. The zero-order chi connectivity index (χ0) is 12.1. The van der Waals surface area contributed by atoms with Gasteiger partial charge in [-0.25, -0.2) is 0 Å². The molecule has 1 saturated carbocycles. The molecule has 1 atom stereocenters. The van der Waals surface area contributed by atoms with E-state index in [1.54, 1.807) is 6.07 Å². The molecule has 0 aliphatic heterocycles. The minimum absolute atomic E-state index is 0.226. The van der Waals surface area contributed by atoms with Crippen LogP contribution in [0.1, 0.15) is 42.5 Å². The van der Waals surface area contributed by atoms with Crippen molar-refractivity contribution in [3.8, 4) is 6.07 Å². The molecule has 1 aromatic rings. The highest BCUT2D eigenvalue weighted by molar-refractivity contribution is 5.94. The fraction of sp³-hybridized carbons (Fsp3) is 0.538. The molecule has 1 fully saturated rings. The second-order valence-corrected chi connectivity index (χ2v) is 4.49. The second kappa shape index (κ2) is 5.53. The molecule has 1 aromatic heterocycles. The van der Waals surface area contributed by atoms with Gasteiger partial charge < -0.3 is 9.73 Å². The van der Waals surface area contributed by atoms with Crippen LogP contribution in [0.4, 0.5) is 0 Å². The first-order chi connectivity index (χ1) is 8.31. The lowest BCUT2D eigenvalue weighted by Crippen LogP contribution is -2.39. The minimum Gasteiger partial charge on any atom is -0.472 e. The van der Waals surface area contributed by atoms with Crippen LogP contribution in [0.25, 0.3) is 0 Å². The van der Waals surface area contributed by atoms with Gasteiger partial charge in [0.2, 0.25) is 0 Å². The number of rotatable bonds is 3. The number of carbonyl (C=O) groups excluding carboxylic acids is 1. The Morgan fingerprint density at radius 1 is 1.47 bits per heavy atom. The third-order valence-electron chi connectivity index (χ3n) is 3.33. The maximum absolute atomic E-state index is 11.8. The molecule has 4 nitrogen and oxygen atoms in total. The van der Waals surface area contributed by atoms with Gasteiger partial charge in [0.05, 0.1) is 17.9 Å². The SMILES string of the molecule is N#CC(NC(=O)c1ccoc1)C1CCCCC1. The van der Waals surface area contributed by atoms with Crippen molar-refractivity contribution in [3.63, 3.8) is 0 Å². The summed E-state index contributed by atoms with van der Waals surface area (Å²) in [5, 5.41) is 11.9. The Kier molecular flexibility index (Phi) is 3.81. The van der Waals surface area contributed by atoms with E-state index >= 15 is 0 Å². The summed E-state index contributed by atoms with van der Waals surface area (Å²) >= 11 is 0. The highest BCUT2D eigenvalue weighted by Gasteiger charge is 2.25. The van der Waals surface area contributed by atoms with Gasteiger partial charge in [-0.2, -0.15) is 5.26 Å². The summed E-state index contributed by atoms with van der Waals surface area (Å²) in [4.78, 5) is 11.8.